The molecular weight excluding hydrogens is 309 g/mol. The number of nitrogens with zero attached hydrogens (tertiary/aromatic N) is 1. The lowest BCUT2D eigenvalue weighted by molar-refractivity contribution is 0.594. The Morgan fingerprint density at radius 3 is 2.44 bits per heavy atom. The Bertz CT molecular complexity index is 602. The fourth-order valence-corrected chi connectivity index (χ4v) is 1.68. The molecule has 0 atom stereocenters. The fourth-order valence-electron chi connectivity index (χ4n) is 1.38. The summed E-state index contributed by atoms with van der Waals surface area (Å²) >= 11 is 3.05. The molecule has 2 rings (SSSR count). The molecule has 0 amide bonds. The Morgan fingerprint density at radius 1 is 1.06 bits per heavy atom. The molecular formula is C12H8BrF3N2. The monoisotopic (exact) mass is 316 g/mol. The number of hydrogen-bond acceptors (Lipinski definition) is 2. The zero-order valence-corrected chi connectivity index (χ0v) is 10.9. The molecule has 2 aromatic rings. The molecule has 0 radical (unpaired) electrons. The smallest absolute Gasteiger partial charge is 0.166 e. The highest BCUT2D eigenvalue weighted by Gasteiger charge is 2.10. The maximum Gasteiger partial charge on any atom is 0.166 e. The molecule has 1 aromatic carbocycles. The van der Waals surface area contributed by atoms with Crippen LogP contribution in [0.4, 0.5) is 24.7 Å². The average molecular weight is 317 g/mol. The van der Waals surface area contributed by atoms with Crippen molar-refractivity contribution >= 4 is 27.4 Å². The Labute approximate surface area is 110 Å². The van der Waals surface area contributed by atoms with Crippen LogP contribution in [0.5, 0.6) is 0 Å². The van der Waals surface area contributed by atoms with Crippen molar-refractivity contribution in [3.8, 4) is 0 Å². The number of aromatic nitrogens is 1. The first kappa shape index (κ1) is 12.9. The molecule has 0 spiro atoms. The molecule has 18 heavy (non-hydrogen) atoms. The highest BCUT2D eigenvalue weighted by molar-refractivity contribution is 9.10. The van der Waals surface area contributed by atoms with E-state index < -0.39 is 17.5 Å². The summed E-state index contributed by atoms with van der Waals surface area (Å²) in [4.78, 5) is 3.74. The van der Waals surface area contributed by atoms with Crippen molar-refractivity contribution in [1.29, 1.82) is 0 Å². The Hall–Kier alpha value is -1.56. The van der Waals surface area contributed by atoms with E-state index in [1.807, 2.05) is 0 Å². The van der Waals surface area contributed by atoms with Crippen molar-refractivity contribution in [3.05, 3.63) is 51.9 Å². The molecule has 0 bridgehead atoms. The summed E-state index contributed by atoms with van der Waals surface area (Å²) in [6, 6.07) is 3.18. The molecule has 94 valence electrons. The maximum atomic E-state index is 13.5. The highest BCUT2D eigenvalue weighted by Crippen LogP contribution is 2.24. The normalized spacial score (nSPS) is 10.5. The van der Waals surface area contributed by atoms with Gasteiger partial charge in [-0.2, -0.15) is 0 Å². The van der Waals surface area contributed by atoms with Crippen LogP contribution < -0.4 is 5.32 Å². The molecule has 0 unspecified atom stereocenters. The zero-order valence-electron chi connectivity index (χ0n) is 9.27. The van der Waals surface area contributed by atoms with Gasteiger partial charge in [-0.3, -0.25) is 0 Å². The van der Waals surface area contributed by atoms with Crippen LogP contribution in [0.15, 0.2) is 28.9 Å². The highest BCUT2D eigenvalue weighted by atomic mass is 79.9. The van der Waals surface area contributed by atoms with Crippen molar-refractivity contribution in [3.63, 3.8) is 0 Å². The van der Waals surface area contributed by atoms with Crippen LogP contribution in [0.1, 0.15) is 5.56 Å². The SMILES string of the molecule is Cc1cc(F)c(Nc2ncc(Br)cc2F)cc1F. The van der Waals surface area contributed by atoms with Crippen molar-refractivity contribution in [1.82, 2.24) is 4.98 Å². The predicted molar refractivity (Wildman–Crippen MR) is 66.3 cm³/mol. The van der Waals surface area contributed by atoms with E-state index in [0.29, 0.717) is 4.47 Å². The second-order valence-electron chi connectivity index (χ2n) is 3.69. The summed E-state index contributed by atoms with van der Waals surface area (Å²) < 4.78 is 40.8. The van der Waals surface area contributed by atoms with E-state index in [-0.39, 0.29) is 17.1 Å². The number of anilines is 2. The number of pyridine rings is 1. The van der Waals surface area contributed by atoms with Crippen LogP contribution in [0.25, 0.3) is 0 Å². The van der Waals surface area contributed by atoms with Crippen molar-refractivity contribution in [2.45, 2.75) is 6.92 Å². The topological polar surface area (TPSA) is 24.9 Å². The molecule has 0 aliphatic rings. The second-order valence-corrected chi connectivity index (χ2v) is 4.61. The first-order valence-corrected chi connectivity index (χ1v) is 5.80. The molecule has 1 N–H and O–H groups in total. The van der Waals surface area contributed by atoms with Crippen molar-refractivity contribution in [2.75, 3.05) is 5.32 Å². The van der Waals surface area contributed by atoms with E-state index in [1.54, 1.807) is 0 Å². The Kier molecular flexibility index (Phi) is 3.56. The van der Waals surface area contributed by atoms with Gasteiger partial charge in [-0.15, -0.1) is 0 Å². The molecule has 0 aliphatic carbocycles. The van der Waals surface area contributed by atoms with Crippen LogP contribution in [0, 0.1) is 24.4 Å². The van der Waals surface area contributed by atoms with Gasteiger partial charge in [0.1, 0.15) is 11.6 Å². The zero-order chi connectivity index (χ0) is 13.3. The van der Waals surface area contributed by atoms with Gasteiger partial charge in [0.25, 0.3) is 0 Å². The summed E-state index contributed by atoms with van der Waals surface area (Å²) in [5.74, 6) is -2.07. The first-order valence-electron chi connectivity index (χ1n) is 5.01. The lowest BCUT2D eigenvalue weighted by atomic mass is 10.2. The van der Waals surface area contributed by atoms with Gasteiger partial charge in [-0.05, 0) is 40.5 Å². The number of nitrogens with one attached hydrogen (secondary N) is 1. The fraction of sp³-hybridized carbons (Fsp3) is 0.0833. The Morgan fingerprint density at radius 2 is 1.78 bits per heavy atom. The van der Waals surface area contributed by atoms with Gasteiger partial charge in [0.2, 0.25) is 0 Å². The third-order valence-electron chi connectivity index (χ3n) is 2.31. The molecule has 0 fully saturated rings. The summed E-state index contributed by atoms with van der Waals surface area (Å²) in [5, 5.41) is 2.41. The van der Waals surface area contributed by atoms with Gasteiger partial charge in [-0.1, -0.05) is 0 Å². The van der Waals surface area contributed by atoms with Gasteiger partial charge in [0.05, 0.1) is 5.69 Å². The van der Waals surface area contributed by atoms with Crippen LogP contribution in [-0.2, 0) is 0 Å². The minimum Gasteiger partial charge on any atom is -0.335 e. The number of halogens is 4. The summed E-state index contributed by atoms with van der Waals surface area (Å²) in [6.07, 6.45) is 1.36. The van der Waals surface area contributed by atoms with Crippen molar-refractivity contribution in [2.24, 2.45) is 0 Å². The van der Waals surface area contributed by atoms with Crippen LogP contribution in [0.3, 0.4) is 0 Å². The first-order chi connectivity index (χ1) is 8.47. The lowest BCUT2D eigenvalue weighted by Gasteiger charge is -2.09. The largest absolute Gasteiger partial charge is 0.335 e. The van der Waals surface area contributed by atoms with E-state index >= 15 is 0 Å². The summed E-state index contributed by atoms with van der Waals surface area (Å²) in [7, 11) is 0. The minimum atomic E-state index is -0.669. The number of hydrogen-bond donors (Lipinski definition) is 1. The van der Waals surface area contributed by atoms with Crippen LogP contribution in [-0.4, -0.2) is 4.98 Å². The minimum absolute atomic E-state index is 0.160. The number of rotatable bonds is 2. The second kappa shape index (κ2) is 4.97. The van der Waals surface area contributed by atoms with E-state index in [1.165, 1.54) is 19.2 Å². The van der Waals surface area contributed by atoms with E-state index in [9.17, 15) is 13.2 Å². The van der Waals surface area contributed by atoms with Gasteiger partial charge in [0, 0.05) is 16.7 Å². The van der Waals surface area contributed by atoms with Gasteiger partial charge in [-0.25, -0.2) is 18.2 Å². The Balaban J connectivity index is 2.37. The maximum absolute atomic E-state index is 13.5. The summed E-state index contributed by atoms with van der Waals surface area (Å²) in [5.41, 5.74) is 0.0223. The predicted octanol–water partition coefficient (Wildman–Crippen LogP) is 4.31. The molecule has 1 heterocycles. The average Bonchev–Trinajstić information content (AvgIpc) is 2.29. The molecule has 0 saturated heterocycles. The van der Waals surface area contributed by atoms with Crippen LogP contribution >= 0.6 is 15.9 Å². The standard InChI is InChI=1S/C12H8BrF3N2/c1-6-2-9(15)11(4-8(6)14)18-12-10(16)3-7(13)5-17-12/h2-5H,1H3,(H,17,18). The molecule has 6 heteroatoms. The number of aryl methyl sites for hydroxylation is 1. The molecule has 0 saturated carbocycles. The third kappa shape index (κ3) is 2.64. The van der Waals surface area contributed by atoms with Crippen molar-refractivity contribution < 1.29 is 13.2 Å². The van der Waals surface area contributed by atoms with Gasteiger partial charge in [0.15, 0.2) is 11.6 Å². The van der Waals surface area contributed by atoms with E-state index in [2.05, 4.69) is 26.2 Å². The lowest BCUT2D eigenvalue weighted by Crippen LogP contribution is -2.00. The van der Waals surface area contributed by atoms with E-state index in [0.717, 1.165) is 12.1 Å². The van der Waals surface area contributed by atoms with Gasteiger partial charge >= 0.3 is 0 Å². The van der Waals surface area contributed by atoms with Gasteiger partial charge < -0.3 is 5.32 Å². The molecule has 0 aliphatic heterocycles. The molecule has 1 aromatic heterocycles. The van der Waals surface area contributed by atoms with E-state index in [4.69, 9.17) is 0 Å². The summed E-state index contributed by atoms with van der Waals surface area (Å²) in [6.45, 7) is 1.45. The van der Waals surface area contributed by atoms with Crippen LogP contribution in [0.2, 0.25) is 0 Å². The number of benzene rings is 1. The molecule has 2 nitrogen and oxygen atoms in total. The quantitative estimate of drug-likeness (QED) is 0.892. The third-order valence-corrected chi connectivity index (χ3v) is 2.74.